The van der Waals surface area contributed by atoms with Crippen molar-refractivity contribution >= 4 is 38.8 Å². The average Bonchev–Trinajstić information content (AvgIpc) is 3.25. The van der Waals surface area contributed by atoms with E-state index in [-0.39, 0.29) is 29.2 Å². The number of amidine groups is 1. The highest BCUT2D eigenvalue weighted by Gasteiger charge is 2.48. The van der Waals surface area contributed by atoms with Gasteiger partial charge in [0.2, 0.25) is 0 Å². The van der Waals surface area contributed by atoms with Crippen LogP contribution in [-0.4, -0.2) is 64.9 Å². The van der Waals surface area contributed by atoms with Crippen molar-refractivity contribution in [3.05, 3.63) is 71.8 Å². The highest BCUT2D eigenvalue weighted by Crippen LogP contribution is 2.39. The number of benzene rings is 2. The minimum absolute atomic E-state index is 0.0360. The number of amides is 2. The molecule has 2 aromatic rings. The normalized spacial score (nSPS) is 22.8. The van der Waals surface area contributed by atoms with E-state index in [1.54, 1.807) is 20.8 Å². The van der Waals surface area contributed by atoms with Crippen LogP contribution in [0.5, 0.6) is 0 Å². The Labute approximate surface area is 216 Å². The molecular formula is C26H31N3O5S2. The van der Waals surface area contributed by atoms with E-state index in [4.69, 9.17) is 4.74 Å². The van der Waals surface area contributed by atoms with Gasteiger partial charge in [0.1, 0.15) is 11.6 Å². The Bertz CT molecular complexity index is 1230. The number of alkyl carbamates (subject to hydrolysis) is 1. The van der Waals surface area contributed by atoms with Gasteiger partial charge in [0.15, 0.2) is 15.0 Å². The summed E-state index contributed by atoms with van der Waals surface area (Å²) in [7, 11) is -3.15. The molecule has 2 saturated heterocycles. The third kappa shape index (κ3) is 6.88. The van der Waals surface area contributed by atoms with Gasteiger partial charge in [-0.3, -0.25) is 4.79 Å². The third-order valence-electron chi connectivity index (χ3n) is 5.85. The lowest BCUT2D eigenvalue weighted by Gasteiger charge is -2.25. The number of thioether (sulfide) groups is 1. The second-order valence-electron chi connectivity index (χ2n) is 10.0. The molecule has 36 heavy (non-hydrogen) atoms. The first kappa shape index (κ1) is 26.2. The van der Waals surface area contributed by atoms with Gasteiger partial charge in [-0.1, -0.05) is 72.4 Å². The zero-order valence-electron chi connectivity index (χ0n) is 20.6. The molecule has 10 heteroatoms. The largest absolute Gasteiger partial charge is 0.444 e. The number of carbonyl (C=O) groups excluding carboxylic acids is 2. The number of hydrogen-bond acceptors (Lipinski definition) is 6. The summed E-state index contributed by atoms with van der Waals surface area (Å²) in [5, 5.41) is 2.98. The maximum Gasteiger partial charge on any atom is 0.408 e. The van der Waals surface area contributed by atoms with Crippen LogP contribution in [0, 0.1) is 0 Å². The molecule has 2 aliphatic rings. The maximum atomic E-state index is 13.4. The van der Waals surface area contributed by atoms with Crippen LogP contribution >= 0.6 is 11.8 Å². The van der Waals surface area contributed by atoms with Crippen LogP contribution in [0.3, 0.4) is 0 Å². The summed E-state index contributed by atoms with van der Waals surface area (Å²) >= 11 is 1.32. The number of aliphatic imine (C=N–C) groups is 1. The Morgan fingerprint density at radius 3 is 2.28 bits per heavy atom. The number of nitrogens with one attached hydrogen (secondary N) is 1. The standard InChI is InChI=1S/C26H31N3O5S2/c1-26(2,3)34-25(31)27-20(14-18-10-6-4-7-11-18)23(30)28-24-29(15-19-12-8-5-9-13-19)21-16-36(32,33)17-22(21)35-24/h4-13,20-22H,14-17H2,1-3H3,(H,27,31)/t20-,21+,22-/m1/s1. The Hall–Kier alpha value is -2.85. The lowest BCUT2D eigenvalue weighted by Crippen LogP contribution is -2.45. The summed E-state index contributed by atoms with van der Waals surface area (Å²) in [6, 6.07) is 17.9. The number of sulfone groups is 1. The lowest BCUT2D eigenvalue weighted by atomic mass is 10.1. The molecule has 0 bridgehead atoms. The summed E-state index contributed by atoms with van der Waals surface area (Å²) in [4.78, 5) is 32.3. The summed E-state index contributed by atoms with van der Waals surface area (Å²) in [5.41, 5.74) is 1.15. The molecule has 8 nitrogen and oxygen atoms in total. The highest BCUT2D eigenvalue weighted by molar-refractivity contribution is 8.15. The van der Waals surface area contributed by atoms with Crippen LogP contribution in [0.2, 0.25) is 0 Å². The van der Waals surface area contributed by atoms with Crippen molar-refractivity contribution in [2.24, 2.45) is 4.99 Å². The predicted molar refractivity (Wildman–Crippen MR) is 142 cm³/mol. The molecule has 0 saturated carbocycles. The van der Waals surface area contributed by atoms with Crippen molar-refractivity contribution in [1.29, 1.82) is 0 Å². The smallest absolute Gasteiger partial charge is 0.408 e. The quantitative estimate of drug-likeness (QED) is 0.611. The van der Waals surface area contributed by atoms with E-state index in [1.807, 2.05) is 65.6 Å². The van der Waals surface area contributed by atoms with E-state index in [0.717, 1.165) is 11.1 Å². The molecule has 0 unspecified atom stereocenters. The average molecular weight is 530 g/mol. The summed E-state index contributed by atoms with van der Waals surface area (Å²) in [6.45, 7) is 5.71. The van der Waals surface area contributed by atoms with Gasteiger partial charge < -0.3 is 15.0 Å². The first-order valence-electron chi connectivity index (χ1n) is 11.8. The molecule has 2 heterocycles. The molecule has 4 rings (SSSR count). The van der Waals surface area contributed by atoms with Crippen LogP contribution in [0.4, 0.5) is 4.79 Å². The zero-order valence-corrected chi connectivity index (χ0v) is 22.2. The number of nitrogens with zero attached hydrogens (tertiary/aromatic N) is 2. The fraction of sp³-hybridized carbons (Fsp3) is 0.423. The van der Waals surface area contributed by atoms with Crippen LogP contribution in [0.15, 0.2) is 65.7 Å². The summed E-state index contributed by atoms with van der Waals surface area (Å²) in [6.07, 6.45) is -0.444. The zero-order chi connectivity index (χ0) is 25.9. The molecule has 192 valence electrons. The fourth-order valence-corrected chi connectivity index (χ4v) is 8.23. The van der Waals surface area contributed by atoms with E-state index in [9.17, 15) is 18.0 Å². The summed E-state index contributed by atoms with van der Waals surface area (Å²) in [5.74, 6) is -0.410. The first-order valence-corrected chi connectivity index (χ1v) is 14.5. The van der Waals surface area contributed by atoms with E-state index in [2.05, 4.69) is 10.3 Å². The number of fused-ring (bicyclic) bond motifs is 1. The molecule has 2 fully saturated rings. The van der Waals surface area contributed by atoms with E-state index in [1.165, 1.54) is 11.8 Å². The van der Waals surface area contributed by atoms with Crippen LogP contribution in [-0.2, 0) is 32.3 Å². The molecule has 0 aromatic heterocycles. The Morgan fingerprint density at radius 2 is 1.67 bits per heavy atom. The first-order chi connectivity index (χ1) is 17.0. The van der Waals surface area contributed by atoms with Crippen molar-refractivity contribution in [2.75, 3.05) is 11.5 Å². The van der Waals surface area contributed by atoms with Crippen LogP contribution in [0.1, 0.15) is 31.9 Å². The molecule has 2 amide bonds. The van der Waals surface area contributed by atoms with Crippen molar-refractivity contribution < 1.29 is 22.7 Å². The van der Waals surface area contributed by atoms with Gasteiger partial charge in [0, 0.05) is 18.2 Å². The van der Waals surface area contributed by atoms with Crippen LogP contribution in [0.25, 0.3) is 0 Å². The minimum atomic E-state index is -3.15. The summed E-state index contributed by atoms with van der Waals surface area (Å²) < 4.78 is 30.0. The van der Waals surface area contributed by atoms with E-state index < -0.39 is 33.5 Å². The van der Waals surface area contributed by atoms with Crippen molar-refractivity contribution in [3.63, 3.8) is 0 Å². The Balaban J connectivity index is 1.59. The number of ether oxygens (including phenoxy) is 1. The second kappa shape index (κ2) is 10.6. The Kier molecular flexibility index (Phi) is 7.75. The Morgan fingerprint density at radius 1 is 1.06 bits per heavy atom. The van der Waals surface area contributed by atoms with Gasteiger partial charge in [-0.15, -0.1) is 0 Å². The fourth-order valence-electron chi connectivity index (χ4n) is 4.27. The molecule has 1 N–H and O–H groups in total. The van der Waals surface area contributed by atoms with Crippen LogP contribution < -0.4 is 5.32 Å². The molecule has 0 radical (unpaired) electrons. The predicted octanol–water partition coefficient (Wildman–Crippen LogP) is 3.42. The maximum absolute atomic E-state index is 13.4. The van der Waals surface area contributed by atoms with Crippen molar-refractivity contribution in [2.45, 2.75) is 56.7 Å². The van der Waals surface area contributed by atoms with Gasteiger partial charge >= 0.3 is 6.09 Å². The third-order valence-corrected chi connectivity index (χ3v) is 9.10. The van der Waals surface area contributed by atoms with Gasteiger partial charge in [-0.2, -0.15) is 4.99 Å². The molecule has 2 aliphatic heterocycles. The number of carbonyl (C=O) groups is 2. The van der Waals surface area contributed by atoms with Gasteiger partial charge in [0.25, 0.3) is 5.91 Å². The number of hydrogen-bond donors (Lipinski definition) is 1. The molecular weight excluding hydrogens is 498 g/mol. The van der Waals surface area contributed by atoms with Gasteiger partial charge in [-0.25, -0.2) is 13.2 Å². The highest BCUT2D eigenvalue weighted by atomic mass is 32.2. The topological polar surface area (TPSA) is 105 Å². The SMILES string of the molecule is CC(C)(C)OC(=O)N[C@H](Cc1ccccc1)C(=O)N=C1S[C@@H]2CS(=O)(=O)C[C@@H]2N1Cc1ccccc1. The van der Waals surface area contributed by atoms with E-state index in [0.29, 0.717) is 11.7 Å². The molecule has 0 spiro atoms. The van der Waals surface area contributed by atoms with Gasteiger partial charge in [0.05, 0.1) is 17.5 Å². The second-order valence-corrected chi connectivity index (χ2v) is 13.4. The van der Waals surface area contributed by atoms with Crippen molar-refractivity contribution in [3.8, 4) is 0 Å². The van der Waals surface area contributed by atoms with Crippen molar-refractivity contribution in [1.82, 2.24) is 10.2 Å². The number of rotatable bonds is 6. The lowest BCUT2D eigenvalue weighted by molar-refractivity contribution is -0.119. The monoisotopic (exact) mass is 529 g/mol. The molecule has 3 atom stereocenters. The minimum Gasteiger partial charge on any atom is -0.444 e. The van der Waals surface area contributed by atoms with Gasteiger partial charge in [-0.05, 0) is 31.9 Å². The molecule has 0 aliphatic carbocycles. The molecule has 2 aromatic carbocycles. The van der Waals surface area contributed by atoms with E-state index >= 15 is 0 Å².